The lowest BCUT2D eigenvalue weighted by Gasteiger charge is -2.55. The van der Waals surface area contributed by atoms with Crippen molar-refractivity contribution in [1.29, 1.82) is 0 Å². The Balaban J connectivity index is 2.12. The zero-order chi connectivity index (χ0) is 26.2. The molecule has 2 heterocycles. The van der Waals surface area contributed by atoms with E-state index in [0.29, 0.717) is 19.4 Å². The molecule has 2 aliphatic rings. The van der Waals surface area contributed by atoms with Gasteiger partial charge in [-0.25, -0.2) is 0 Å². The van der Waals surface area contributed by atoms with E-state index in [0.717, 1.165) is 5.56 Å². The van der Waals surface area contributed by atoms with Gasteiger partial charge in [0.1, 0.15) is 16.8 Å². The fourth-order valence-electron chi connectivity index (χ4n) is 4.89. The number of hydrogen-bond acceptors (Lipinski definition) is 4. The molecular weight excluding hydrogens is 468 g/mol. The van der Waals surface area contributed by atoms with Gasteiger partial charge in [-0.15, -0.1) is 6.58 Å². The standard InChI is InChI=1S/C29H44O4Si2/c1-10-14-25-28(33-34(5,6)7,18-17-24-15-12-11-13-16-24)21-27(19-20-29(25,22-30)32-27)23-31-35(8,9)26(2,3)4/h10-13,15-16,19-20,25,30H,1,14,21-23H2,2-9H3/t25-,27+,28-,29+/m1/s1. The minimum absolute atomic E-state index is 0.0824. The summed E-state index contributed by atoms with van der Waals surface area (Å²) < 4.78 is 20.5. The molecule has 4 atom stereocenters. The van der Waals surface area contributed by atoms with Gasteiger partial charge in [0.15, 0.2) is 16.6 Å². The molecule has 1 saturated heterocycles. The molecule has 0 saturated carbocycles. The van der Waals surface area contributed by atoms with Crippen molar-refractivity contribution in [3.63, 3.8) is 0 Å². The molecule has 1 N–H and O–H groups in total. The van der Waals surface area contributed by atoms with Crippen molar-refractivity contribution in [1.82, 2.24) is 0 Å². The van der Waals surface area contributed by atoms with E-state index in [1.165, 1.54) is 0 Å². The maximum atomic E-state index is 10.7. The maximum Gasteiger partial charge on any atom is 0.192 e. The number of ether oxygens (including phenoxy) is 1. The third-order valence-corrected chi connectivity index (χ3v) is 13.0. The highest BCUT2D eigenvalue weighted by molar-refractivity contribution is 6.74. The Morgan fingerprint density at radius 1 is 1.14 bits per heavy atom. The zero-order valence-corrected chi connectivity index (χ0v) is 24.9. The highest BCUT2D eigenvalue weighted by Crippen LogP contribution is 2.55. The van der Waals surface area contributed by atoms with Crippen LogP contribution in [0.3, 0.4) is 0 Å². The molecule has 0 aliphatic carbocycles. The summed E-state index contributed by atoms with van der Waals surface area (Å²) in [6, 6.07) is 10.0. The van der Waals surface area contributed by atoms with Crippen molar-refractivity contribution in [2.75, 3.05) is 13.2 Å². The number of benzene rings is 1. The van der Waals surface area contributed by atoms with Crippen LogP contribution < -0.4 is 0 Å². The van der Waals surface area contributed by atoms with E-state index in [4.69, 9.17) is 13.6 Å². The molecule has 1 aromatic carbocycles. The minimum atomic E-state index is -2.06. The van der Waals surface area contributed by atoms with Crippen molar-refractivity contribution in [2.45, 2.75) is 88.2 Å². The van der Waals surface area contributed by atoms with E-state index in [9.17, 15) is 5.11 Å². The second-order valence-corrected chi connectivity index (χ2v) is 21.9. The van der Waals surface area contributed by atoms with E-state index in [-0.39, 0.29) is 17.6 Å². The van der Waals surface area contributed by atoms with Gasteiger partial charge >= 0.3 is 0 Å². The van der Waals surface area contributed by atoms with E-state index < -0.39 is 33.4 Å². The van der Waals surface area contributed by atoms with Crippen LogP contribution in [0, 0.1) is 17.8 Å². The molecule has 2 aliphatic heterocycles. The number of aliphatic hydroxyl groups excluding tert-OH is 1. The van der Waals surface area contributed by atoms with Gasteiger partial charge in [-0.05, 0) is 56.3 Å². The van der Waals surface area contributed by atoms with Gasteiger partial charge in [-0.2, -0.15) is 0 Å². The van der Waals surface area contributed by atoms with Gasteiger partial charge in [0, 0.05) is 17.9 Å². The molecule has 0 radical (unpaired) electrons. The molecule has 2 bridgehead atoms. The maximum absolute atomic E-state index is 10.7. The Morgan fingerprint density at radius 3 is 2.34 bits per heavy atom. The topological polar surface area (TPSA) is 47.9 Å². The number of hydrogen-bond donors (Lipinski definition) is 1. The van der Waals surface area contributed by atoms with Crippen LogP contribution in [0.5, 0.6) is 0 Å². The van der Waals surface area contributed by atoms with Crippen LogP contribution in [0.4, 0.5) is 0 Å². The monoisotopic (exact) mass is 512 g/mol. The lowest BCUT2D eigenvalue weighted by Crippen LogP contribution is -2.65. The van der Waals surface area contributed by atoms with Crippen LogP contribution in [-0.2, 0) is 13.6 Å². The van der Waals surface area contributed by atoms with E-state index >= 15 is 0 Å². The molecular formula is C29H44O4Si2. The minimum Gasteiger partial charge on any atom is -0.414 e. The first-order valence-corrected chi connectivity index (χ1v) is 19.0. The van der Waals surface area contributed by atoms with Crippen molar-refractivity contribution in [2.24, 2.45) is 5.92 Å². The second-order valence-electron chi connectivity index (χ2n) is 12.6. The smallest absolute Gasteiger partial charge is 0.192 e. The molecule has 1 aromatic rings. The largest absolute Gasteiger partial charge is 0.414 e. The fraction of sp³-hybridized carbons (Fsp3) is 0.586. The van der Waals surface area contributed by atoms with Crippen molar-refractivity contribution < 1.29 is 18.7 Å². The summed E-state index contributed by atoms with van der Waals surface area (Å²) >= 11 is 0. The lowest BCUT2D eigenvalue weighted by molar-refractivity contribution is -0.230. The summed E-state index contributed by atoms with van der Waals surface area (Å²) in [7, 11) is -4.08. The van der Waals surface area contributed by atoms with E-state index in [2.05, 4.69) is 78.0 Å². The molecule has 35 heavy (non-hydrogen) atoms. The summed E-state index contributed by atoms with van der Waals surface area (Å²) in [6.45, 7) is 22.1. The number of rotatable bonds is 8. The molecule has 0 amide bonds. The van der Waals surface area contributed by atoms with Gasteiger partial charge in [0.05, 0.1) is 13.2 Å². The molecule has 192 valence electrons. The summed E-state index contributed by atoms with van der Waals surface area (Å²) in [6.07, 6.45) is 7.21. The molecule has 6 heteroatoms. The number of aliphatic hydroxyl groups is 1. The SMILES string of the molecule is C=CC[C@@H]1[C@](C#Cc2ccccc2)(O[Si](C)(C)C)C[C@]2(CO[Si](C)(C)C(C)(C)C)C=C[C@@]1(CO)O2. The van der Waals surface area contributed by atoms with Gasteiger partial charge in [0.25, 0.3) is 0 Å². The van der Waals surface area contributed by atoms with Crippen molar-refractivity contribution >= 4 is 16.6 Å². The molecule has 1 fully saturated rings. The molecule has 0 unspecified atom stereocenters. The number of fused-ring (bicyclic) bond motifs is 2. The van der Waals surface area contributed by atoms with Crippen LogP contribution in [0.25, 0.3) is 0 Å². The van der Waals surface area contributed by atoms with E-state index in [1.54, 1.807) is 0 Å². The van der Waals surface area contributed by atoms with Crippen molar-refractivity contribution in [3.8, 4) is 11.8 Å². The Bertz CT molecular complexity index is 995. The second kappa shape index (κ2) is 9.77. The quantitative estimate of drug-likeness (QED) is 0.252. The van der Waals surface area contributed by atoms with Crippen LogP contribution in [0.15, 0.2) is 55.1 Å². The van der Waals surface area contributed by atoms with Crippen LogP contribution in [0.1, 0.15) is 39.2 Å². The van der Waals surface area contributed by atoms with E-state index in [1.807, 2.05) is 42.5 Å². The highest BCUT2D eigenvalue weighted by Gasteiger charge is 2.64. The first kappa shape index (κ1) is 28.1. The van der Waals surface area contributed by atoms with Gasteiger partial charge in [-0.3, -0.25) is 0 Å². The van der Waals surface area contributed by atoms with Crippen LogP contribution in [0.2, 0.25) is 37.8 Å². The lowest BCUT2D eigenvalue weighted by atomic mass is 9.69. The summed E-state index contributed by atoms with van der Waals surface area (Å²) in [5, 5.41) is 10.8. The third kappa shape index (κ3) is 5.93. The molecule has 0 spiro atoms. The summed E-state index contributed by atoms with van der Waals surface area (Å²) in [5.74, 6) is 6.81. The average Bonchev–Trinajstić information content (AvgIpc) is 3.09. The first-order valence-electron chi connectivity index (χ1n) is 12.7. The predicted molar refractivity (Wildman–Crippen MR) is 149 cm³/mol. The Kier molecular flexibility index (Phi) is 7.85. The predicted octanol–water partition coefficient (Wildman–Crippen LogP) is 6.30. The van der Waals surface area contributed by atoms with Gasteiger partial charge < -0.3 is 18.7 Å². The Morgan fingerprint density at radius 2 is 1.80 bits per heavy atom. The van der Waals surface area contributed by atoms with Gasteiger partial charge in [-0.1, -0.05) is 69.0 Å². The molecule has 4 nitrogen and oxygen atoms in total. The number of allylic oxidation sites excluding steroid dienone is 1. The third-order valence-electron chi connectivity index (χ3n) is 7.59. The fourth-order valence-corrected chi connectivity index (χ4v) is 7.29. The summed E-state index contributed by atoms with van der Waals surface area (Å²) in [4.78, 5) is 0. The Labute approximate surface area is 215 Å². The van der Waals surface area contributed by atoms with Gasteiger partial charge in [0.2, 0.25) is 0 Å². The summed E-state index contributed by atoms with van der Waals surface area (Å²) in [5.41, 5.74) is -1.47. The van der Waals surface area contributed by atoms with Crippen molar-refractivity contribution in [3.05, 3.63) is 60.7 Å². The van der Waals surface area contributed by atoms with Crippen LogP contribution >= 0.6 is 0 Å². The first-order chi connectivity index (χ1) is 16.1. The zero-order valence-electron chi connectivity index (χ0n) is 22.9. The highest BCUT2D eigenvalue weighted by atomic mass is 28.4. The molecule has 3 rings (SSSR count). The average molecular weight is 513 g/mol. The van der Waals surface area contributed by atoms with Crippen LogP contribution in [-0.4, -0.2) is 51.8 Å². The normalized spacial score (nSPS) is 30.6. The Hall–Kier alpha value is -1.47. The molecule has 0 aromatic heterocycles.